The summed E-state index contributed by atoms with van der Waals surface area (Å²) in [4.78, 5) is 13.9. The lowest BCUT2D eigenvalue weighted by Crippen LogP contribution is -2.34. The lowest BCUT2D eigenvalue weighted by Gasteiger charge is -2.21. The normalized spacial score (nSPS) is 14.9. The van der Waals surface area contributed by atoms with Gasteiger partial charge in [-0.15, -0.1) is 11.6 Å². The zero-order valence-electron chi connectivity index (χ0n) is 8.83. The summed E-state index contributed by atoms with van der Waals surface area (Å²) < 4.78 is 12.7. The van der Waals surface area contributed by atoms with Crippen LogP contribution in [-0.2, 0) is 0 Å². The molecule has 2 nitrogen and oxygen atoms in total. The molecule has 16 heavy (non-hydrogen) atoms. The third-order valence-electron chi connectivity index (χ3n) is 2.67. The van der Waals surface area contributed by atoms with E-state index in [2.05, 4.69) is 0 Å². The van der Waals surface area contributed by atoms with Gasteiger partial charge >= 0.3 is 0 Å². The SMILES string of the molecule is O=C(c1ccc(F)cc1)N(CCCl)C1CC1. The van der Waals surface area contributed by atoms with E-state index in [1.807, 2.05) is 0 Å². The molecule has 86 valence electrons. The average Bonchev–Trinajstić information content (AvgIpc) is 3.10. The molecule has 0 spiro atoms. The van der Waals surface area contributed by atoms with Crippen LogP contribution >= 0.6 is 11.6 Å². The Hall–Kier alpha value is -1.09. The van der Waals surface area contributed by atoms with Gasteiger partial charge in [-0.05, 0) is 37.1 Å². The fraction of sp³-hybridized carbons (Fsp3) is 0.417. The van der Waals surface area contributed by atoms with Crippen LogP contribution in [0.1, 0.15) is 23.2 Å². The molecular formula is C12H13ClFNO. The van der Waals surface area contributed by atoms with Crippen molar-refractivity contribution in [1.29, 1.82) is 0 Å². The number of benzene rings is 1. The molecule has 0 N–H and O–H groups in total. The molecular weight excluding hydrogens is 229 g/mol. The van der Waals surface area contributed by atoms with Gasteiger partial charge in [-0.3, -0.25) is 4.79 Å². The van der Waals surface area contributed by atoms with E-state index in [0.717, 1.165) is 12.8 Å². The van der Waals surface area contributed by atoms with Gasteiger partial charge in [0.25, 0.3) is 5.91 Å². The molecule has 0 radical (unpaired) electrons. The molecule has 0 heterocycles. The monoisotopic (exact) mass is 241 g/mol. The minimum absolute atomic E-state index is 0.0526. The Morgan fingerprint density at radius 1 is 1.38 bits per heavy atom. The molecule has 1 aliphatic carbocycles. The van der Waals surface area contributed by atoms with Crippen LogP contribution < -0.4 is 0 Å². The van der Waals surface area contributed by atoms with E-state index in [4.69, 9.17) is 11.6 Å². The van der Waals surface area contributed by atoms with Crippen molar-refractivity contribution in [2.45, 2.75) is 18.9 Å². The van der Waals surface area contributed by atoms with Gasteiger partial charge in [0.1, 0.15) is 5.82 Å². The first-order valence-corrected chi connectivity index (χ1v) is 5.88. The topological polar surface area (TPSA) is 20.3 Å². The fourth-order valence-corrected chi connectivity index (χ4v) is 1.87. The highest BCUT2D eigenvalue weighted by atomic mass is 35.5. The van der Waals surface area contributed by atoms with E-state index in [0.29, 0.717) is 24.0 Å². The quantitative estimate of drug-likeness (QED) is 0.743. The summed E-state index contributed by atoms with van der Waals surface area (Å²) in [5.74, 6) is 0.0543. The van der Waals surface area contributed by atoms with Crippen LogP contribution in [-0.4, -0.2) is 29.3 Å². The maximum absolute atomic E-state index is 12.7. The average molecular weight is 242 g/mol. The van der Waals surface area contributed by atoms with Crippen LogP contribution in [0.25, 0.3) is 0 Å². The number of rotatable bonds is 4. The van der Waals surface area contributed by atoms with Gasteiger partial charge in [-0.25, -0.2) is 4.39 Å². The highest BCUT2D eigenvalue weighted by molar-refractivity contribution is 6.18. The van der Waals surface area contributed by atoms with Crippen LogP contribution in [0, 0.1) is 5.82 Å². The van der Waals surface area contributed by atoms with E-state index in [1.54, 1.807) is 4.90 Å². The summed E-state index contributed by atoms with van der Waals surface area (Å²) in [5.41, 5.74) is 0.526. The number of halogens is 2. The lowest BCUT2D eigenvalue weighted by atomic mass is 10.2. The Kier molecular flexibility index (Phi) is 3.44. The van der Waals surface area contributed by atoms with Crippen molar-refractivity contribution in [3.8, 4) is 0 Å². The number of alkyl halides is 1. The lowest BCUT2D eigenvalue weighted by molar-refractivity contribution is 0.0753. The van der Waals surface area contributed by atoms with Crippen molar-refractivity contribution in [2.24, 2.45) is 0 Å². The van der Waals surface area contributed by atoms with Crippen LogP contribution in [0.3, 0.4) is 0 Å². The Labute approximate surface area is 99.0 Å². The van der Waals surface area contributed by atoms with Crippen molar-refractivity contribution in [2.75, 3.05) is 12.4 Å². The Morgan fingerprint density at radius 2 is 2.00 bits per heavy atom. The molecule has 1 aromatic carbocycles. The summed E-state index contributed by atoms with van der Waals surface area (Å²) in [6.07, 6.45) is 2.09. The standard InChI is InChI=1S/C12H13ClFNO/c13-7-8-15(11-5-6-11)12(16)9-1-3-10(14)4-2-9/h1-4,11H,5-8H2. The fourth-order valence-electron chi connectivity index (χ4n) is 1.69. The minimum atomic E-state index is -0.327. The molecule has 1 saturated carbocycles. The number of carbonyl (C=O) groups excluding carboxylic acids is 1. The van der Waals surface area contributed by atoms with Crippen molar-refractivity contribution >= 4 is 17.5 Å². The van der Waals surface area contributed by atoms with Crippen molar-refractivity contribution in [3.05, 3.63) is 35.6 Å². The number of amides is 1. The number of carbonyl (C=O) groups is 1. The molecule has 4 heteroatoms. The highest BCUT2D eigenvalue weighted by Gasteiger charge is 2.32. The van der Waals surface area contributed by atoms with Crippen LogP contribution in [0.2, 0.25) is 0 Å². The zero-order valence-corrected chi connectivity index (χ0v) is 9.58. The second kappa shape index (κ2) is 4.83. The van der Waals surface area contributed by atoms with Crippen LogP contribution in [0.4, 0.5) is 4.39 Å². The molecule has 1 aliphatic rings. The largest absolute Gasteiger partial charge is 0.334 e. The Morgan fingerprint density at radius 3 is 2.50 bits per heavy atom. The summed E-state index contributed by atoms with van der Waals surface area (Å²) in [7, 11) is 0. The molecule has 0 aliphatic heterocycles. The smallest absolute Gasteiger partial charge is 0.254 e. The third-order valence-corrected chi connectivity index (χ3v) is 2.83. The predicted octanol–water partition coefficient (Wildman–Crippen LogP) is 2.67. The summed E-state index contributed by atoms with van der Waals surface area (Å²) >= 11 is 5.67. The van der Waals surface area contributed by atoms with E-state index >= 15 is 0 Å². The zero-order chi connectivity index (χ0) is 11.5. The second-order valence-corrected chi connectivity index (χ2v) is 4.30. The van der Waals surface area contributed by atoms with Gasteiger partial charge in [0.05, 0.1) is 0 Å². The Balaban J connectivity index is 2.12. The first-order valence-electron chi connectivity index (χ1n) is 5.35. The number of hydrogen-bond acceptors (Lipinski definition) is 1. The molecule has 0 bridgehead atoms. The predicted molar refractivity (Wildman–Crippen MR) is 61.2 cm³/mol. The van der Waals surface area contributed by atoms with E-state index in [9.17, 15) is 9.18 Å². The molecule has 1 aromatic rings. The maximum Gasteiger partial charge on any atom is 0.254 e. The maximum atomic E-state index is 12.7. The van der Waals surface area contributed by atoms with Gasteiger partial charge in [-0.1, -0.05) is 0 Å². The third kappa shape index (κ3) is 2.53. The van der Waals surface area contributed by atoms with Gasteiger partial charge in [-0.2, -0.15) is 0 Å². The van der Waals surface area contributed by atoms with Gasteiger partial charge in [0, 0.05) is 24.0 Å². The van der Waals surface area contributed by atoms with Crippen LogP contribution in [0.5, 0.6) is 0 Å². The molecule has 1 fully saturated rings. The molecule has 1 amide bonds. The number of nitrogens with zero attached hydrogens (tertiary/aromatic N) is 1. The first kappa shape index (κ1) is 11.4. The highest BCUT2D eigenvalue weighted by Crippen LogP contribution is 2.28. The molecule has 0 aromatic heterocycles. The van der Waals surface area contributed by atoms with E-state index in [-0.39, 0.29) is 11.7 Å². The van der Waals surface area contributed by atoms with Crippen molar-refractivity contribution in [3.63, 3.8) is 0 Å². The first-order chi connectivity index (χ1) is 7.72. The summed E-state index contributed by atoms with van der Waals surface area (Å²) in [5, 5.41) is 0. The van der Waals surface area contributed by atoms with E-state index < -0.39 is 0 Å². The van der Waals surface area contributed by atoms with Crippen LogP contribution in [0.15, 0.2) is 24.3 Å². The summed E-state index contributed by atoms with van der Waals surface area (Å²) in [6, 6.07) is 5.97. The Bertz CT molecular complexity index is 375. The second-order valence-electron chi connectivity index (χ2n) is 3.93. The summed E-state index contributed by atoms with van der Waals surface area (Å²) in [6.45, 7) is 0.558. The number of hydrogen-bond donors (Lipinski definition) is 0. The van der Waals surface area contributed by atoms with Crippen molar-refractivity contribution in [1.82, 2.24) is 4.90 Å². The molecule has 0 saturated heterocycles. The van der Waals surface area contributed by atoms with Gasteiger partial charge in [0.2, 0.25) is 0 Å². The van der Waals surface area contributed by atoms with Crippen molar-refractivity contribution < 1.29 is 9.18 Å². The molecule has 2 rings (SSSR count). The minimum Gasteiger partial charge on any atom is -0.334 e. The molecule has 0 atom stereocenters. The van der Waals surface area contributed by atoms with Gasteiger partial charge < -0.3 is 4.90 Å². The van der Waals surface area contributed by atoms with Gasteiger partial charge in [0.15, 0.2) is 0 Å². The van der Waals surface area contributed by atoms with E-state index in [1.165, 1.54) is 24.3 Å². The molecule has 0 unspecified atom stereocenters.